The molecule has 0 radical (unpaired) electrons. The van der Waals surface area contributed by atoms with Crippen LogP contribution in [0.15, 0.2) is 12.1 Å². The number of phenolic OH excluding ortho intramolecular Hbond substituents is 1. The third-order valence-corrected chi connectivity index (χ3v) is 3.67. The lowest BCUT2D eigenvalue weighted by Crippen LogP contribution is -2.28. The van der Waals surface area contributed by atoms with Crippen LogP contribution in [0.3, 0.4) is 0 Å². The molecule has 0 unspecified atom stereocenters. The van der Waals surface area contributed by atoms with Gasteiger partial charge in [0.15, 0.2) is 5.78 Å². The predicted molar refractivity (Wildman–Crippen MR) is 63.7 cm³/mol. The van der Waals surface area contributed by atoms with Gasteiger partial charge in [-0.3, -0.25) is 4.79 Å². The van der Waals surface area contributed by atoms with Gasteiger partial charge in [0.05, 0.1) is 6.42 Å². The predicted octanol–water partition coefficient (Wildman–Crippen LogP) is 3.01. The fraction of sp³-hybridized carbons (Fsp3) is 0.500. The zero-order valence-corrected chi connectivity index (χ0v) is 10.1. The second-order valence-electron chi connectivity index (χ2n) is 5.45. The Labute approximate surface area is 100 Å². The molecule has 1 aromatic rings. The molecule has 0 atom stereocenters. The summed E-state index contributed by atoms with van der Waals surface area (Å²) in [5.41, 5.74) is 1.13. The Morgan fingerprint density at radius 1 is 1.35 bits per heavy atom. The number of carbonyl (C=O) groups excluding carboxylic acids is 1. The highest BCUT2D eigenvalue weighted by molar-refractivity contribution is 6.03. The van der Waals surface area contributed by atoms with Crippen molar-refractivity contribution in [2.45, 2.75) is 44.6 Å². The Hall–Kier alpha value is -1.51. The Morgan fingerprint density at radius 3 is 2.65 bits per heavy atom. The van der Waals surface area contributed by atoms with Crippen LogP contribution in [0, 0.1) is 0 Å². The number of hydrogen-bond acceptors (Lipinski definition) is 3. The first-order valence-electron chi connectivity index (χ1n) is 6.10. The van der Waals surface area contributed by atoms with Gasteiger partial charge in [0.25, 0.3) is 0 Å². The number of carbonyl (C=O) groups is 1. The van der Waals surface area contributed by atoms with Gasteiger partial charge in [0.1, 0.15) is 22.7 Å². The van der Waals surface area contributed by atoms with Gasteiger partial charge in [-0.25, -0.2) is 0 Å². The van der Waals surface area contributed by atoms with Gasteiger partial charge in [0.2, 0.25) is 0 Å². The summed E-state index contributed by atoms with van der Waals surface area (Å²) in [7, 11) is 0. The number of ether oxygens (including phenoxy) is 1. The van der Waals surface area contributed by atoms with Crippen LogP contribution in [0.4, 0.5) is 0 Å². The Bertz CT molecular complexity index is 498. The maximum absolute atomic E-state index is 12.0. The van der Waals surface area contributed by atoms with E-state index in [0.717, 1.165) is 18.4 Å². The molecule has 0 amide bonds. The van der Waals surface area contributed by atoms with Crippen molar-refractivity contribution in [3.8, 4) is 11.5 Å². The van der Waals surface area contributed by atoms with Gasteiger partial charge >= 0.3 is 0 Å². The van der Waals surface area contributed by atoms with Crippen LogP contribution < -0.4 is 4.74 Å². The van der Waals surface area contributed by atoms with E-state index in [-0.39, 0.29) is 17.1 Å². The number of phenols is 1. The van der Waals surface area contributed by atoms with Gasteiger partial charge in [-0.1, -0.05) is 13.8 Å². The second kappa shape index (κ2) is 3.25. The largest absolute Gasteiger partial charge is 0.507 e. The molecular formula is C14H16O3. The number of hydrogen-bond donors (Lipinski definition) is 1. The molecule has 0 saturated heterocycles. The number of fused-ring (bicyclic) bond motifs is 1. The molecule has 1 spiro atoms. The number of benzene rings is 1. The SMILES string of the molecule is CC(C)c1cc(O)c2c(c1)OC1(CC1)CC2=O. The summed E-state index contributed by atoms with van der Waals surface area (Å²) in [6.07, 6.45) is 2.31. The van der Waals surface area contributed by atoms with Crippen molar-refractivity contribution in [2.75, 3.05) is 0 Å². The zero-order valence-electron chi connectivity index (χ0n) is 10.1. The van der Waals surface area contributed by atoms with Gasteiger partial charge in [-0.05, 0) is 36.5 Å². The highest BCUT2D eigenvalue weighted by Crippen LogP contribution is 2.50. The molecule has 0 aromatic heterocycles. The molecule has 3 nitrogen and oxygen atoms in total. The maximum atomic E-state index is 12.0. The number of aromatic hydroxyl groups is 1. The molecule has 2 aliphatic rings. The lowest BCUT2D eigenvalue weighted by Gasteiger charge is -2.26. The molecule has 1 aliphatic carbocycles. The van der Waals surface area contributed by atoms with E-state index in [1.807, 2.05) is 6.07 Å². The minimum absolute atomic E-state index is 0.0107. The van der Waals surface area contributed by atoms with Crippen LogP contribution in [0.1, 0.15) is 54.9 Å². The van der Waals surface area contributed by atoms with Crippen LogP contribution in [0.25, 0.3) is 0 Å². The number of Topliss-reactive ketones (excluding diaryl/α,β-unsaturated/α-hetero) is 1. The highest BCUT2D eigenvalue weighted by Gasteiger charge is 2.51. The van der Waals surface area contributed by atoms with E-state index in [2.05, 4.69) is 13.8 Å². The molecule has 0 bridgehead atoms. The molecule has 17 heavy (non-hydrogen) atoms. The summed E-state index contributed by atoms with van der Waals surface area (Å²) >= 11 is 0. The average molecular weight is 232 g/mol. The zero-order chi connectivity index (χ0) is 12.2. The fourth-order valence-electron chi connectivity index (χ4n) is 2.38. The molecule has 1 heterocycles. The molecular weight excluding hydrogens is 216 g/mol. The third kappa shape index (κ3) is 1.61. The smallest absolute Gasteiger partial charge is 0.174 e. The quantitative estimate of drug-likeness (QED) is 0.809. The minimum atomic E-state index is -0.244. The summed E-state index contributed by atoms with van der Waals surface area (Å²) in [6, 6.07) is 3.58. The van der Waals surface area contributed by atoms with Crippen LogP contribution in [-0.4, -0.2) is 16.5 Å². The Balaban J connectivity index is 2.11. The van der Waals surface area contributed by atoms with Crippen LogP contribution in [-0.2, 0) is 0 Å². The van der Waals surface area contributed by atoms with E-state index < -0.39 is 0 Å². The first-order chi connectivity index (χ1) is 8.01. The highest BCUT2D eigenvalue weighted by atomic mass is 16.5. The molecule has 1 fully saturated rings. The van der Waals surface area contributed by atoms with E-state index in [1.54, 1.807) is 6.07 Å². The third-order valence-electron chi connectivity index (χ3n) is 3.67. The molecule has 3 heteroatoms. The summed E-state index contributed by atoms with van der Waals surface area (Å²) in [4.78, 5) is 12.0. The minimum Gasteiger partial charge on any atom is -0.507 e. The van der Waals surface area contributed by atoms with E-state index in [4.69, 9.17) is 4.74 Å². The Morgan fingerprint density at radius 2 is 2.06 bits per heavy atom. The maximum Gasteiger partial charge on any atom is 0.174 e. The lowest BCUT2D eigenvalue weighted by atomic mass is 9.94. The summed E-state index contributed by atoms with van der Waals surface area (Å²) < 4.78 is 5.89. The van der Waals surface area contributed by atoms with Crippen molar-refractivity contribution >= 4 is 5.78 Å². The summed E-state index contributed by atoms with van der Waals surface area (Å²) in [5, 5.41) is 9.95. The standard InChI is InChI=1S/C14H16O3/c1-8(2)9-5-10(15)13-11(16)7-14(3-4-14)17-12(13)6-9/h5-6,8,15H,3-4,7H2,1-2H3. The fourth-order valence-corrected chi connectivity index (χ4v) is 2.38. The van der Waals surface area contributed by atoms with Crippen molar-refractivity contribution in [3.63, 3.8) is 0 Å². The van der Waals surface area contributed by atoms with Crippen LogP contribution >= 0.6 is 0 Å². The van der Waals surface area contributed by atoms with Crippen molar-refractivity contribution in [2.24, 2.45) is 0 Å². The first-order valence-corrected chi connectivity index (χ1v) is 6.10. The summed E-state index contributed by atoms with van der Waals surface area (Å²) in [5.74, 6) is 0.952. The number of ketones is 1. The van der Waals surface area contributed by atoms with E-state index in [9.17, 15) is 9.90 Å². The topological polar surface area (TPSA) is 46.5 Å². The van der Waals surface area contributed by atoms with E-state index >= 15 is 0 Å². The molecule has 1 aliphatic heterocycles. The van der Waals surface area contributed by atoms with E-state index in [0.29, 0.717) is 23.7 Å². The second-order valence-corrected chi connectivity index (χ2v) is 5.45. The van der Waals surface area contributed by atoms with Crippen molar-refractivity contribution in [3.05, 3.63) is 23.3 Å². The van der Waals surface area contributed by atoms with Crippen LogP contribution in [0.5, 0.6) is 11.5 Å². The lowest BCUT2D eigenvalue weighted by molar-refractivity contribution is 0.0807. The molecule has 1 aromatic carbocycles. The van der Waals surface area contributed by atoms with E-state index in [1.165, 1.54) is 0 Å². The van der Waals surface area contributed by atoms with Gasteiger partial charge < -0.3 is 9.84 Å². The summed E-state index contributed by atoms with van der Waals surface area (Å²) in [6.45, 7) is 4.11. The van der Waals surface area contributed by atoms with Gasteiger partial charge in [0, 0.05) is 0 Å². The number of rotatable bonds is 1. The van der Waals surface area contributed by atoms with Crippen LogP contribution in [0.2, 0.25) is 0 Å². The average Bonchev–Trinajstić information content (AvgIpc) is 2.95. The normalized spacial score (nSPS) is 20.3. The van der Waals surface area contributed by atoms with Crippen molar-refractivity contribution in [1.29, 1.82) is 0 Å². The van der Waals surface area contributed by atoms with Gasteiger partial charge in [-0.15, -0.1) is 0 Å². The molecule has 90 valence electrons. The molecule has 3 rings (SSSR count). The van der Waals surface area contributed by atoms with Gasteiger partial charge in [-0.2, -0.15) is 0 Å². The monoisotopic (exact) mass is 232 g/mol. The Kier molecular flexibility index (Phi) is 2.03. The molecule has 1 saturated carbocycles. The van der Waals surface area contributed by atoms with Crippen molar-refractivity contribution < 1.29 is 14.6 Å². The van der Waals surface area contributed by atoms with Crippen molar-refractivity contribution in [1.82, 2.24) is 0 Å². The first kappa shape index (κ1) is 10.6. The molecule has 1 N–H and O–H groups in total.